The Hall–Kier alpha value is -1.25. The first-order chi connectivity index (χ1) is 11.0. The van der Waals surface area contributed by atoms with Gasteiger partial charge in [-0.05, 0) is 29.8 Å². The van der Waals surface area contributed by atoms with E-state index in [0.717, 1.165) is 47.6 Å². The lowest BCUT2D eigenvalue weighted by atomic mass is 10.2. The third-order valence-corrected chi connectivity index (χ3v) is 4.72. The zero-order valence-electron chi connectivity index (χ0n) is 14.0. The molecule has 0 aliphatic carbocycles. The van der Waals surface area contributed by atoms with Gasteiger partial charge in [-0.25, -0.2) is 14.6 Å². The summed E-state index contributed by atoms with van der Waals surface area (Å²) < 4.78 is 8.34. The Morgan fingerprint density at radius 3 is 2.70 bits per heavy atom. The molecule has 0 aromatic carbocycles. The maximum atomic E-state index is 5.79. The Balaban J connectivity index is 1.72. The molecule has 0 N–H and O–H groups in total. The van der Waals surface area contributed by atoms with Crippen LogP contribution in [0.2, 0.25) is 0 Å². The summed E-state index contributed by atoms with van der Waals surface area (Å²) in [6.07, 6.45) is 2.19. The second-order valence-electron chi connectivity index (χ2n) is 6.25. The molecule has 126 valence electrons. The van der Waals surface area contributed by atoms with Crippen molar-refractivity contribution >= 4 is 32.8 Å². The topological polar surface area (TPSA) is 59.3 Å². The quantitative estimate of drug-likeness (QED) is 0.801. The van der Waals surface area contributed by atoms with Gasteiger partial charge >= 0.3 is 0 Å². The molecule has 23 heavy (non-hydrogen) atoms. The maximum absolute atomic E-state index is 5.79. The Morgan fingerprint density at radius 1 is 1.30 bits per heavy atom. The molecular formula is C15H23BrN6O. The second-order valence-corrected chi connectivity index (χ2v) is 7.00. The fourth-order valence-corrected chi connectivity index (χ4v) is 3.77. The Kier molecular flexibility index (Phi) is 4.84. The van der Waals surface area contributed by atoms with Crippen LogP contribution in [0.5, 0.6) is 0 Å². The fourth-order valence-electron chi connectivity index (χ4n) is 3.18. The number of halogens is 1. The normalized spacial score (nSPS) is 22.7. The van der Waals surface area contributed by atoms with Gasteiger partial charge < -0.3 is 9.64 Å². The number of nitrogens with zero attached hydrogens (tertiary/aromatic N) is 6. The highest BCUT2D eigenvalue weighted by molar-refractivity contribution is 9.10. The summed E-state index contributed by atoms with van der Waals surface area (Å²) in [4.78, 5) is 13.4. The smallest absolute Gasteiger partial charge is 0.164 e. The van der Waals surface area contributed by atoms with Crippen molar-refractivity contribution in [2.45, 2.75) is 26.1 Å². The molecule has 7 nitrogen and oxygen atoms in total. The Labute approximate surface area is 144 Å². The molecule has 2 atom stereocenters. The molecule has 8 heteroatoms. The van der Waals surface area contributed by atoms with Gasteiger partial charge in [-0.1, -0.05) is 0 Å². The van der Waals surface area contributed by atoms with E-state index in [1.165, 1.54) is 0 Å². The molecule has 1 aliphatic heterocycles. The number of hydrogen-bond acceptors (Lipinski definition) is 6. The number of morpholine rings is 1. The van der Waals surface area contributed by atoms with Gasteiger partial charge in [-0.2, -0.15) is 5.10 Å². The molecule has 1 saturated heterocycles. The number of likely N-dealkylation sites (N-methyl/N-ethyl adjacent to an activating group) is 1. The third-order valence-electron chi connectivity index (χ3n) is 4.17. The number of ether oxygens (including phenoxy) is 1. The van der Waals surface area contributed by atoms with E-state index in [2.05, 4.69) is 61.7 Å². The number of fused-ring (bicyclic) bond motifs is 1. The van der Waals surface area contributed by atoms with Crippen molar-refractivity contribution in [1.29, 1.82) is 0 Å². The average Bonchev–Trinajstić information content (AvgIpc) is 2.79. The van der Waals surface area contributed by atoms with Crippen LogP contribution in [0.3, 0.4) is 0 Å². The van der Waals surface area contributed by atoms with E-state index in [9.17, 15) is 0 Å². The molecule has 3 rings (SSSR count). The summed E-state index contributed by atoms with van der Waals surface area (Å²) in [6.45, 7) is 8.10. The van der Waals surface area contributed by atoms with Crippen LogP contribution >= 0.6 is 15.9 Å². The Bertz CT molecular complexity index is 680. The van der Waals surface area contributed by atoms with Crippen molar-refractivity contribution < 1.29 is 4.74 Å². The van der Waals surface area contributed by atoms with Gasteiger partial charge in [0.15, 0.2) is 5.65 Å². The van der Waals surface area contributed by atoms with Crippen molar-refractivity contribution in [3.8, 4) is 0 Å². The second kappa shape index (κ2) is 6.70. The van der Waals surface area contributed by atoms with Crippen molar-refractivity contribution in [2.24, 2.45) is 7.05 Å². The number of anilines is 1. The Morgan fingerprint density at radius 2 is 2.00 bits per heavy atom. The maximum Gasteiger partial charge on any atom is 0.164 e. The summed E-state index contributed by atoms with van der Waals surface area (Å²) in [5.74, 6) is 0.907. The first-order valence-corrected chi connectivity index (χ1v) is 8.67. The van der Waals surface area contributed by atoms with E-state index < -0.39 is 0 Å². The first-order valence-electron chi connectivity index (χ1n) is 7.88. The highest BCUT2D eigenvalue weighted by Crippen LogP contribution is 2.28. The average molecular weight is 383 g/mol. The van der Waals surface area contributed by atoms with Crippen molar-refractivity contribution in [2.75, 3.05) is 38.1 Å². The highest BCUT2D eigenvalue weighted by atomic mass is 79.9. The molecule has 0 amide bonds. The minimum atomic E-state index is 0.294. The number of hydrogen-bond donors (Lipinski definition) is 0. The number of rotatable bonds is 4. The fraction of sp³-hybridized carbons (Fsp3) is 0.667. The van der Waals surface area contributed by atoms with Crippen LogP contribution in [-0.4, -0.2) is 70.1 Å². The standard InChI is InChI=1S/C15H23BrN6O/c1-10-7-22(8-11(2)23-10)6-5-20(3)14-12-13(16)19-21(4)15(12)18-9-17-14/h9-11H,5-8H2,1-4H3/t10-,11+. The summed E-state index contributed by atoms with van der Waals surface area (Å²) in [5, 5.41) is 5.34. The molecule has 2 aromatic rings. The molecule has 1 aliphatic rings. The van der Waals surface area contributed by atoms with Crippen LogP contribution in [-0.2, 0) is 11.8 Å². The first kappa shape index (κ1) is 16.6. The van der Waals surface area contributed by atoms with Crippen LogP contribution in [0.15, 0.2) is 10.9 Å². The monoisotopic (exact) mass is 382 g/mol. The van der Waals surface area contributed by atoms with Crippen molar-refractivity contribution in [3.05, 3.63) is 10.9 Å². The van der Waals surface area contributed by atoms with Crippen LogP contribution in [0.4, 0.5) is 5.82 Å². The molecular weight excluding hydrogens is 360 g/mol. The highest BCUT2D eigenvalue weighted by Gasteiger charge is 2.23. The minimum Gasteiger partial charge on any atom is -0.373 e. The van der Waals surface area contributed by atoms with E-state index in [1.807, 2.05) is 7.05 Å². The van der Waals surface area contributed by atoms with E-state index in [-0.39, 0.29) is 0 Å². The lowest BCUT2D eigenvalue weighted by Crippen LogP contribution is -2.47. The van der Waals surface area contributed by atoms with Crippen LogP contribution in [0.25, 0.3) is 11.0 Å². The van der Waals surface area contributed by atoms with Gasteiger partial charge in [0, 0.05) is 40.3 Å². The predicted octanol–water partition coefficient (Wildman–Crippen LogP) is 1.67. The van der Waals surface area contributed by atoms with E-state index in [4.69, 9.17) is 4.74 Å². The largest absolute Gasteiger partial charge is 0.373 e. The van der Waals surface area contributed by atoms with Gasteiger partial charge in [0.05, 0.1) is 17.6 Å². The summed E-state index contributed by atoms with van der Waals surface area (Å²) in [5.41, 5.74) is 0.836. The molecule has 0 unspecified atom stereocenters. The third kappa shape index (κ3) is 3.49. The van der Waals surface area contributed by atoms with E-state index in [1.54, 1.807) is 11.0 Å². The van der Waals surface area contributed by atoms with Gasteiger partial charge in [-0.3, -0.25) is 4.90 Å². The van der Waals surface area contributed by atoms with Gasteiger partial charge in [0.1, 0.15) is 16.7 Å². The summed E-state index contributed by atoms with van der Waals surface area (Å²) in [7, 11) is 3.95. The van der Waals surface area contributed by atoms with Crippen LogP contribution in [0, 0.1) is 0 Å². The molecule has 3 heterocycles. The molecule has 0 radical (unpaired) electrons. The molecule has 0 saturated carbocycles. The minimum absolute atomic E-state index is 0.294. The molecule has 0 spiro atoms. The van der Waals surface area contributed by atoms with Gasteiger partial charge in [-0.15, -0.1) is 0 Å². The van der Waals surface area contributed by atoms with Gasteiger partial charge in [0.2, 0.25) is 0 Å². The molecule has 0 bridgehead atoms. The van der Waals surface area contributed by atoms with E-state index >= 15 is 0 Å². The SMILES string of the molecule is C[C@@H]1CN(CCN(C)c2ncnc3c2c(Br)nn3C)C[C@H](C)O1. The predicted molar refractivity (Wildman–Crippen MR) is 93.7 cm³/mol. The number of aromatic nitrogens is 4. The van der Waals surface area contributed by atoms with Gasteiger partial charge in [0.25, 0.3) is 0 Å². The van der Waals surface area contributed by atoms with Crippen molar-refractivity contribution in [3.63, 3.8) is 0 Å². The zero-order valence-corrected chi connectivity index (χ0v) is 15.6. The molecule has 1 fully saturated rings. The summed E-state index contributed by atoms with van der Waals surface area (Å²) in [6, 6.07) is 0. The van der Waals surface area contributed by atoms with Crippen molar-refractivity contribution in [1.82, 2.24) is 24.6 Å². The molecule has 2 aromatic heterocycles. The lowest BCUT2D eigenvalue weighted by molar-refractivity contribution is -0.0670. The lowest BCUT2D eigenvalue weighted by Gasteiger charge is -2.36. The number of aryl methyl sites for hydroxylation is 1. The van der Waals surface area contributed by atoms with Crippen LogP contribution in [0.1, 0.15) is 13.8 Å². The summed E-state index contributed by atoms with van der Waals surface area (Å²) >= 11 is 3.51. The zero-order chi connectivity index (χ0) is 16.6. The van der Waals surface area contributed by atoms with Crippen LogP contribution < -0.4 is 4.90 Å². The van der Waals surface area contributed by atoms with E-state index in [0.29, 0.717) is 12.2 Å².